The lowest BCUT2D eigenvalue weighted by Gasteiger charge is -2.13. The number of ether oxygens (including phenoxy) is 2. The van der Waals surface area contributed by atoms with Crippen molar-refractivity contribution in [3.8, 4) is 17.0 Å². The SMILES string of the molecule is COCCNS(=O)(=O)c1cc(-c2c(C)nc3c(NCCNC(C)=O)cc(Cl)nn23)ccc1OC. The lowest BCUT2D eigenvalue weighted by atomic mass is 10.1. The van der Waals surface area contributed by atoms with Gasteiger partial charge in [0.15, 0.2) is 10.8 Å². The summed E-state index contributed by atoms with van der Waals surface area (Å²) in [5, 5.41) is 10.5. The number of rotatable bonds is 11. The number of aryl methyl sites for hydroxylation is 1. The minimum absolute atomic E-state index is 0.0198. The fraction of sp³-hybridized carbons (Fsp3) is 0.381. The number of hydrogen-bond acceptors (Lipinski definition) is 8. The molecule has 0 aliphatic rings. The molecule has 0 fully saturated rings. The van der Waals surface area contributed by atoms with E-state index in [0.29, 0.717) is 41.4 Å². The van der Waals surface area contributed by atoms with Gasteiger partial charge in [0.1, 0.15) is 10.6 Å². The Bertz CT molecular complexity index is 1290. The molecule has 34 heavy (non-hydrogen) atoms. The van der Waals surface area contributed by atoms with Crippen LogP contribution >= 0.6 is 11.6 Å². The predicted molar refractivity (Wildman–Crippen MR) is 129 cm³/mol. The summed E-state index contributed by atoms with van der Waals surface area (Å²) in [6.45, 7) is 4.47. The van der Waals surface area contributed by atoms with Gasteiger partial charge in [-0.3, -0.25) is 4.79 Å². The van der Waals surface area contributed by atoms with Gasteiger partial charge in [-0.05, 0) is 25.1 Å². The highest BCUT2D eigenvalue weighted by molar-refractivity contribution is 7.89. The number of fused-ring (bicyclic) bond motifs is 1. The molecule has 2 aromatic heterocycles. The van der Waals surface area contributed by atoms with Crippen molar-refractivity contribution in [2.24, 2.45) is 0 Å². The number of imidazole rings is 1. The number of nitrogens with one attached hydrogen (secondary N) is 3. The van der Waals surface area contributed by atoms with Gasteiger partial charge in [0.25, 0.3) is 0 Å². The van der Waals surface area contributed by atoms with Crippen molar-refractivity contribution in [1.29, 1.82) is 0 Å². The minimum atomic E-state index is -3.87. The van der Waals surface area contributed by atoms with Gasteiger partial charge in [-0.15, -0.1) is 0 Å². The van der Waals surface area contributed by atoms with Crippen LogP contribution in [0.25, 0.3) is 16.9 Å². The van der Waals surface area contributed by atoms with E-state index in [1.165, 1.54) is 27.2 Å². The molecule has 2 heterocycles. The van der Waals surface area contributed by atoms with Crippen LogP contribution < -0.4 is 20.1 Å². The Hall–Kier alpha value is -2.93. The van der Waals surface area contributed by atoms with E-state index in [1.807, 2.05) is 0 Å². The number of carbonyl (C=O) groups excluding carboxylic acids is 1. The number of benzene rings is 1. The monoisotopic (exact) mass is 510 g/mol. The van der Waals surface area contributed by atoms with Gasteiger partial charge < -0.3 is 20.1 Å². The molecule has 0 aliphatic carbocycles. The molecular formula is C21H27ClN6O5S. The van der Waals surface area contributed by atoms with Crippen molar-refractivity contribution in [2.45, 2.75) is 18.7 Å². The average Bonchev–Trinajstić information content (AvgIpc) is 3.11. The van der Waals surface area contributed by atoms with E-state index in [4.69, 9.17) is 21.1 Å². The Morgan fingerprint density at radius 1 is 1.18 bits per heavy atom. The molecule has 0 saturated carbocycles. The first-order valence-electron chi connectivity index (χ1n) is 10.4. The van der Waals surface area contributed by atoms with E-state index in [1.54, 1.807) is 29.6 Å². The van der Waals surface area contributed by atoms with Crippen LogP contribution in [0.4, 0.5) is 5.69 Å². The number of hydrogen-bond donors (Lipinski definition) is 3. The molecule has 1 aromatic carbocycles. The van der Waals surface area contributed by atoms with Crippen LogP contribution in [0.1, 0.15) is 12.6 Å². The van der Waals surface area contributed by atoms with Crippen LogP contribution in [0.3, 0.4) is 0 Å². The fourth-order valence-electron chi connectivity index (χ4n) is 3.38. The summed E-state index contributed by atoms with van der Waals surface area (Å²) in [5.41, 5.74) is 2.91. The quantitative estimate of drug-likeness (QED) is 0.332. The van der Waals surface area contributed by atoms with E-state index in [0.717, 1.165) is 0 Å². The van der Waals surface area contributed by atoms with Crippen LogP contribution in [0.2, 0.25) is 5.15 Å². The van der Waals surface area contributed by atoms with Crippen molar-refractivity contribution in [3.05, 3.63) is 35.1 Å². The smallest absolute Gasteiger partial charge is 0.244 e. The maximum atomic E-state index is 12.9. The zero-order valence-corrected chi connectivity index (χ0v) is 20.9. The first kappa shape index (κ1) is 25.7. The first-order valence-corrected chi connectivity index (χ1v) is 12.2. The molecule has 3 rings (SSSR count). The third kappa shape index (κ3) is 5.76. The zero-order valence-electron chi connectivity index (χ0n) is 19.3. The molecule has 0 aliphatic heterocycles. The Morgan fingerprint density at radius 3 is 2.62 bits per heavy atom. The number of halogens is 1. The topological polar surface area (TPSA) is 136 Å². The summed E-state index contributed by atoms with van der Waals surface area (Å²) in [6, 6.07) is 6.47. The Morgan fingerprint density at radius 2 is 1.94 bits per heavy atom. The van der Waals surface area contributed by atoms with E-state index >= 15 is 0 Å². The van der Waals surface area contributed by atoms with Gasteiger partial charge in [-0.2, -0.15) is 5.10 Å². The number of sulfonamides is 1. The number of anilines is 1. The fourth-order valence-corrected chi connectivity index (χ4v) is 4.78. The number of carbonyl (C=O) groups is 1. The summed E-state index contributed by atoms with van der Waals surface area (Å²) >= 11 is 6.27. The second-order valence-electron chi connectivity index (χ2n) is 7.33. The normalized spacial score (nSPS) is 11.6. The summed E-state index contributed by atoms with van der Waals surface area (Å²) in [4.78, 5) is 15.7. The second-order valence-corrected chi connectivity index (χ2v) is 9.45. The zero-order chi connectivity index (χ0) is 24.9. The molecule has 3 N–H and O–H groups in total. The van der Waals surface area contributed by atoms with Crippen LogP contribution in [-0.2, 0) is 19.6 Å². The third-order valence-corrected chi connectivity index (χ3v) is 6.53. The number of methoxy groups -OCH3 is 2. The molecule has 0 unspecified atom stereocenters. The first-order chi connectivity index (χ1) is 16.2. The van der Waals surface area contributed by atoms with Gasteiger partial charge in [0, 0.05) is 45.3 Å². The second kappa shape index (κ2) is 11.0. The van der Waals surface area contributed by atoms with Gasteiger partial charge >= 0.3 is 0 Å². The van der Waals surface area contributed by atoms with Crippen LogP contribution in [0.5, 0.6) is 5.75 Å². The maximum Gasteiger partial charge on any atom is 0.244 e. The van der Waals surface area contributed by atoms with Crippen LogP contribution in [0.15, 0.2) is 29.2 Å². The Labute approximate surface area is 202 Å². The molecule has 0 radical (unpaired) electrons. The van der Waals surface area contributed by atoms with Crippen molar-refractivity contribution in [3.63, 3.8) is 0 Å². The van der Waals surface area contributed by atoms with Gasteiger partial charge in [0.05, 0.1) is 30.8 Å². The van der Waals surface area contributed by atoms with E-state index in [9.17, 15) is 13.2 Å². The van der Waals surface area contributed by atoms with Crippen molar-refractivity contribution in [2.75, 3.05) is 45.8 Å². The lowest BCUT2D eigenvalue weighted by Crippen LogP contribution is -2.27. The molecule has 0 atom stereocenters. The average molecular weight is 511 g/mol. The summed E-state index contributed by atoms with van der Waals surface area (Å²) < 4.78 is 40.1. The van der Waals surface area contributed by atoms with Crippen molar-refractivity contribution >= 4 is 38.9 Å². The molecule has 11 nitrogen and oxygen atoms in total. The van der Waals surface area contributed by atoms with Gasteiger partial charge in [-0.25, -0.2) is 22.6 Å². The minimum Gasteiger partial charge on any atom is -0.495 e. The molecule has 0 bridgehead atoms. The molecule has 184 valence electrons. The van der Waals surface area contributed by atoms with Crippen molar-refractivity contribution < 1.29 is 22.7 Å². The Kier molecular flexibility index (Phi) is 8.31. The van der Waals surface area contributed by atoms with E-state index in [-0.39, 0.29) is 34.9 Å². The van der Waals surface area contributed by atoms with Gasteiger partial charge in [-0.1, -0.05) is 11.6 Å². The number of aromatic nitrogens is 3. The van der Waals surface area contributed by atoms with Crippen LogP contribution in [0, 0.1) is 6.92 Å². The van der Waals surface area contributed by atoms with E-state index in [2.05, 4.69) is 25.4 Å². The third-order valence-electron chi connectivity index (χ3n) is 4.87. The highest BCUT2D eigenvalue weighted by atomic mass is 35.5. The summed E-state index contributed by atoms with van der Waals surface area (Å²) in [6.07, 6.45) is 0. The highest BCUT2D eigenvalue weighted by Gasteiger charge is 2.23. The lowest BCUT2D eigenvalue weighted by molar-refractivity contribution is -0.118. The summed E-state index contributed by atoms with van der Waals surface area (Å²) in [5.74, 6) is 0.0760. The summed E-state index contributed by atoms with van der Waals surface area (Å²) in [7, 11) is -0.975. The molecule has 3 aromatic rings. The van der Waals surface area contributed by atoms with Gasteiger partial charge in [0.2, 0.25) is 15.9 Å². The highest BCUT2D eigenvalue weighted by Crippen LogP contribution is 2.33. The Balaban J connectivity index is 2.05. The van der Waals surface area contributed by atoms with E-state index < -0.39 is 10.0 Å². The molecule has 1 amide bonds. The maximum absolute atomic E-state index is 12.9. The largest absolute Gasteiger partial charge is 0.495 e. The number of amides is 1. The van der Waals surface area contributed by atoms with Crippen molar-refractivity contribution in [1.82, 2.24) is 24.6 Å². The molecular weight excluding hydrogens is 484 g/mol. The molecule has 0 spiro atoms. The van der Waals surface area contributed by atoms with Crippen LogP contribution in [-0.4, -0.2) is 69.4 Å². The predicted octanol–water partition coefficient (Wildman–Crippen LogP) is 1.84. The molecule has 0 saturated heterocycles. The standard InChI is InChI=1S/C21H27ClN6O5S/c1-13-20(15-5-6-17(33-4)18(11-15)34(30,31)25-9-10-32-3)28-21(26-13)16(12-19(22)27-28)24-8-7-23-14(2)29/h5-6,11-12,24-25H,7-10H2,1-4H3,(H,23,29). The molecule has 13 heteroatoms. The number of nitrogens with zero attached hydrogens (tertiary/aromatic N) is 3.